The van der Waals surface area contributed by atoms with E-state index >= 15 is 0 Å². The van der Waals surface area contributed by atoms with Crippen LogP contribution in [-0.2, 0) is 14.8 Å². The predicted octanol–water partition coefficient (Wildman–Crippen LogP) is 4.92. The molecule has 2 aliphatic rings. The minimum Gasteiger partial charge on any atom is -0.397 e. The van der Waals surface area contributed by atoms with Gasteiger partial charge in [-0.1, -0.05) is 41.4 Å². The molecule has 190 valence electrons. The summed E-state index contributed by atoms with van der Waals surface area (Å²) in [5.74, 6) is -0.805. The van der Waals surface area contributed by atoms with Crippen molar-refractivity contribution in [1.29, 1.82) is 0 Å². The summed E-state index contributed by atoms with van der Waals surface area (Å²) in [6.45, 7) is 1.64. The summed E-state index contributed by atoms with van der Waals surface area (Å²) >= 11 is 12.9. The highest BCUT2D eigenvalue weighted by molar-refractivity contribution is 8.03. The van der Waals surface area contributed by atoms with Crippen molar-refractivity contribution in [1.82, 2.24) is 10.0 Å². The van der Waals surface area contributed by atoms with Crippen LogP contribution in [0.4, 0.5) is 21.0 Å². The second-order valence-electron chi connectivity index (χ2n) is 7.99. The molecule has 0 radical (unpaired) electrons. The van der Waals surface area contributed by atoms with E-state index < -0.39 is 33.2 Å². The number of urea groups is 1. The fourth-order valence-corrected chi connectivity index (χ4v) is 7.22. The van der Waals surface area contributed by atoms with Crippen LogP contribution in [0.25, 0.3) is 0 Å². The van der Waals surface area contributed by atoms with E-state index in [2.05, 4.69) is 15.4 Å². The molecular weight excluding hydrogens is 563 g/mol. The zero-order valence-corrected chi connectivity index (χ0v) is 21.9. The Kier molecular flexibility index (Phi) is 6.32. The number of ether oxygens (including phenoxy) is 1. The van der Waals surface area contributed by atoms with E-state index in [4.69, 9.17) is 27.9 Å². The first-order valence-corrected chi connectivity index (χ1v) is 13.6. The summed E-state index contributed by atoms with van der Waals surface area (Å²) in [7, 11) is -4.29. The van der Waals surface area contributed by atoms with Crippen LogP contribution in [0.15, 0.2) is 70.5 Å². The maximum Gasteiger partial charge on any atom is 0.426 e. The minimum atomic E-state index is -4.29. The molecular formula is C23H16Cl2N4O6S2. The number of benzene rings is 3. The number of imide groups is 1. The van der Waals surface area contributed by atoms with Gasteiger partial charge in [-0.3, -0.25) is 10.1 Å². The van der Waals surface area contributed by atoms with Crippen LogP contribution in [0.2, 0.25) is 10.0 Å². The van der Waals surface area contributed by atoms with Gasteiger partial charge in [-0.2, -0.15) is 4.90 Å². The summed E-state index contributed by atoms with van der Waals surface area (Å²) in [6.07, 6.45) is -1.26. The number of sulfonamides is 1. The molecule has 0 saturated heterocycles. The largest absolute Gasteiger partial charge is 0.426 e. The van der Waals surface area contributed by atoms with Crippen molar-refractivity contribution in [3.8, 4) is 0 Å². The molecule has 2 aliphatic heterocycles. The van der Waals surface area contributed by atoms with Gasteiger partial charge in [0.05, 0.1) is 16.1 Å². The summed E-state index contributed by atoms with van der Waals surface area (Å²) in [6, 6.07) is 13.8. The van der Waals surface area contributed by atoms with Crippen LogP contribution in [0.1, 0.15) is 15.9 Å². The van der Waals surface area contributed by atoms with Crippen molar-refractivity contribution in [3.05, 3.63) is 81.8 Å². The Morgan fingerprint density at radius 1 is 1.08 bits per heavy atom. The van der Waals surface area contributed by atoms with Crippen molar-refractivity contribution in [2.45, 2.75) is 21.9 Å². The molecule has 1 atom stereocenters. The van der Waals surface area contributed by atoms with Gasteiger partial charge in [0.1, 0.15) is 0 Å². The van der Waals surface area contributed by atoms with E-state index in [1.807, 2.05) is 0 Å². The Morgan fingerprint density at radius 2 is 1.84 bits per heavy atom. The van der Waals surface area contributed by atoms with Gasteiger partial charge in [0.15, 0.2) is 0 Å². The lowest BCUT2D eigenvalue weighted by atomic mass is 10.1. The van der Waals surface area contributed by atoms with E-state index in [1.165, 1.54) is 42.5 Å². The van der Waals surface area contributed by atoms with E-state index in [0.717, 1.165) is 0 Å². The molecule has 14 heteroatoms. The monoisotopic (exact) mass is 578 g/mol. The van der Waals surface area contributed by atoms with E-state index in [9.17, 15) is 22.8 Å². The summed E-state index contributed by atoms with van der Waals surface area (Å²) in [5.41, 5.74) is 0.629. The van der Waals surface area contributed by atoms with Gasteiger partial charge in [0.25, 0.3) is 5.91 Å². The van der Waals surface area contributed by atoms with Gasteiger partial charge in [-0.25, -0.2) is 18.0 Å². The fourth-order valence-electron chi connectivity index (χ4n) is 3.73. The quantitative estimate of drug-likeness (QED) is 0.373. The van der Waals surface area contributed by atoms with Gasteiger partial charge in [0, 0.05) is 20.6 Å². The van der Waals surface area contributed by atoms with Crippen LogP contribution in [-0.4, -0.2) is 31.6 Å². The standard InChI is InChI=1S/C23H16Cl2N4O6S2/c1-12-9-19-18(11-16(12)25)36-23(28-37(19,33)34)27-20(30)15-7-2-3-8-17(15)29(22(32)35-23)21(31)26-14-6-4-5-13(24)10-14/h2-11,28H,1H3,(H,26,31)(H,27,30). The number of rotatable bonds is 1. The SMILES string of the molecule is Cc1cc2c(cc1Cl)SC1(NC(=O)c3ccccc3N(C(=O)Nc3cccc(Cl)c3)C(=O)O1)NS2(=O)=O. The highest BCUT2D eigenvalue weighted by atomic mass is 35.5. The maximum absolute atomic E-state index is 13.4. The smallest absolute Gasteiger partial charge is 0.397 e. The molecule has 5 rings (SSSR count). The van der Waals surface area contributed by atoms with Crippen molar-refractivity contribution < 1.29 is 27.5 Å². The number of carbonyl (C=O) groups is 3. The molecule has 0 bridgehead atoms. The zero-order valence-electron chi connectivity index (χ0n) is 18.7. The highest BCUT2D eigenvalue weighted by Gasteiger charge is 2.50. The molecule has 2 heterocycles. The number of nitrogens with one attached hydrogen (secondary N) is 3. The predicted molar refractivity (Wildman–Crippen MR) is 138 cm³/mol. The molecule has 0 aliphatic carbocycles. The lowest BCUT2D eigenvalue weighted by Crippen LogP contribution is -2.64. The van der Waals surface area contributed by atoms with E-state index in [0.29, 0.717) is 27.2 Å². The van der Waals surface area contributed by atoms with E-state index in [1.54, 1.807) is 25.1 Å². The first-order valence-electron chi connectivity index (χ1n) is 10.5. The van der Waals surface area contributed by atoms with Crippen molar-refractivity contribution in [3.63, 3.8) is 0 Å². The van der Waals surface area contributed by atoms with Crippen LogP contribution in [0, 0.1) is 6.92 Å². The Morgan fingerprint density at radius 3 is 2.59 bits per heavy atom. The number of para-hydroxylation sites is 1. The third kappa shape index (κ3) is 4.74. The summed E-state index contributed by atoms with van der Waals surface area (Å²) in [4.78, 5) is 40.7. The normalized spacial score (nSPS) is 20.1. The zero-order chi connectivity index (χ0) is 26.5. The van der Waals surface area contributed by atoms with Gasteiger partial charge in [-0.05, 0) is 66.7 Å². The number of anilines is 2. The Balaban J connectivity index is 1.59. The lowest BCUT2D eigenvalue weighted by molar-refractivity contribution is 0.0438. The van der Waals surface area contributed by atoms with Gasteiger partial charge < -0.3 is 10.1 Å². The van der Waals surface area contributed by atoms with E-state index in [-0.39, 0.29) is 31.8 Å². The number of hydrogen-bond acceptors (Lipinski definition) is 7. The molecule has 37 heavy (non-hydrogen) atoms. The molecule has 0 saturated carbocycles. The molecule has 0 fully saturated rings. The Bertz CT molecular complexity index is 1600. The Labute approximate surface area is 225 Å². The second-order valence-corrected chi connectivity index (χ2v) is 11.7. The van der Waals surface area contributed by atoms with Crippen molar-refractivity contribution in [2.75, 3.05) is 10.2 Å². The van der Waals surface area contributed by atoms with Crippen LogP contribution in [0.3, 0.4) is 0 Å². The van der Waals surface area contributed by atoms with Crippen molar-refractivity contribution in [2.24, 2.45) is 0 Å². The number of carbonyl (C=O) groups excluding carboxylic acids is 3. The molecule has 1 spiro atoms. The number of nitrogens with zero attached hydrogens (tertiary/aromatic N) is 1. The lowest BCUT2D eigenvalue weighted by Gasteiger charge is -2.39. The number of amides is 4. The van der Waals surface area contributed by atoms with Crippen LogP contribution >= 0.6 is 35.0 Å². The first kappa shape index (κ1) is 25.4. The molecule has 3 N–H and O–H groups in total. The fraction of sp³-hybridized carbons (Fsp3) is 0.0870. The maximum atomic E-state index is 13.4. The Hall–Kier alpha value is -3.29. The second kappa shape index (κ2) is 9.23. The third-order valence-corrected chi connectivity index (χ3v) is 8.90. The van der Waals surface area contributed by atoms with Gasteiger partial charge in [-0.15, -0.1) is 4.72 Å². The molecule has 0 aromatic heterocycles. The topological polar surface area (TPSA) is 134 Å². The number of thioether (sulfide) groups is 1. The molecule has 1 unspecified atom stereocenters. The number of aryl methyl sites for hydroxylation is 1. The average Bonchev–Trinajstić information content (AvgIpc) is 2.80. The molecule has 3 aromatic carbocycles. The summed E-state index contributed by atoms with van der Waals surface area (Å²) < 4.78 is 34.0. The van der Waals surface area contributed by atoms with Gasteiger partial charge >= 0.3 is 17.3 Å². The summed E-state index contributed by atoms with van der Waals surface area (Å²) in [5, 5.41) is 3.27. The van der Waals surface area contributed by atoms with Crippen LogP contribution < -0.4 is 20.3 Å². The van der Waals surface area contributed by atoms with Crippen LogP contribution in [0.5, 0.6) is 0 Å². The number of fused-ring (bicyclic) bond motifs is 2. The highest BCUT2D eigenvalue weighted by Crippen LogP contribution is 2.43. The average molecular weight is 579 g/mol. The van der Waals surface area contributed by atoms with Gasteiger partial charge in [0.2, 0.25) is 10.0 Å². The molecule has 4 amide bonds. The third-order valence-electron chi connectivity index (χ3n) is 5.40. The molecule has 10 nitrogen and oxygen atoms in total. The minimum absolute atomic E-state index is 0.0766. The molecule has 3 aromatic rings. The number of halogens is 2. The van der Waals surface area contributed by atoms with Crippen molar-refractivity contribution >= 4 is 74.4 Å². The first-order chi connectivity index (χ1) is 17.5. The number of hydrogen-bond donors (Lipinski definition) is 3.